The first-order valence-corrected chi connectivity index (χ1v) is 8.91. The first-order valence-electron chi connectivity index (χ1n) is 8.91. The van der Waals surface area contributed by atoms with Crippen LogP contribution in [0, 0.1) is 11.2 Å². The number of carbonyl (C=O) groups is 1. The number of rotatable bonds is 4. The van der Waals surface area contributed by atoms with Gasteiger partial charge in [-0.2, -0.15) is 0 Å². The molecule has 2 aliphatic rings. The number of hydrogen-bond acceptors (Lipinski definition) is 2. The molecule has 2 fully saturated rings. The van der Waals surface area contributed by atoms with Gasteiger partial charge in [0.25, 0.3) is 5.91 Å². The summed E-state index contributed by atoms with van der Waals surface area (Å²) < 4.78 is 18.9. The van der Waals surface area contributed by atoms with E-state index in [2.05, 4.69) is 0 Å². The standard InChI is InChI=1S/C21H22FNO2/c22-17-8-6-16(7-9-17)14-25-19-5-2-1-4-18(19)20(24)23-13-12-21(15-23)10-3-11-21/h1-2,4-9H,3,10-15H2. The lowest BCUT2D eigenvalue weighted by Gasteiger charge is -2.38. The number of carbonyl (C=O) groups excluding carboxylic acids is 1. The second kappa shape index (κ2) is 6.51. The number of hydrogen-bond donors (Lipinski definition) is 0. The summed E-state index contributed by atoms with van der Waals surface area (Å²) in [5.41, 5.74) is 1.87. The molecule has 0 unspecified atom stereocenters. The first kappa shape index (κ1) is 16.1. The van der Waals surface area contributed by atoms with Crippen molar-refractivity contribution >= 4 is 5.91 Å². The minimum atomic E-state index is -0.265. The third-order valence-electron chi connectivity index (χ3n) is 5.56. The van der Waals surface area contributed by atoms with Crippen LogP contribution >= 0.6 is 0 Å². The van der Waals surface area contributed by atoms with Crippen molar-refractivity contribution in [3.05, 3.63) is 65.5 Å². The van der Waals surface area contributed by atoms with Gasteiger partial charge in [0.05, 0.1) is 5.56 Å². The number of benzene rings is 2. The lowest BCUT2D eigenvalue weighted by atomic mass is 9.68. The Morgan fingerprint density at radius 1 is 1.08 bits per heavy atom. The van der Waals surface area contributed by atoms with E-state index in [-0.39, 0.29) is 11.7 Å². The number of ether oxygens (including phenoxy) is 1. The number of nitrogens with zero attached hydrogens (tertiary/aromatic N) is 1. The van der Waals surface area contributed by atoms with E-state index in [1.54, 1.807) is 12.1 Å². The van der Waals surface area contributed by atoms with Crippen molar-refractivity contribution in [1.29, 1.82) is 0 Å². The maximum atomic E-state index is 13.0. The smallest absolute Gasteiger partial charge is 0.257 e. The van der Waals surface area contributed by atoms with Crippen LogP contribution < -0.4 is 4.74 Å². The van der Waals surface area contributed by atoms with Crippen molar-refractivity contribution in [2.45, 2.75) is 32.3 Å². The summed E-state index contributed by atoms with van der Waals surface area (Å²) in [4.78, 5) is 14.9. The summed E-state index contributed by atoms with van der Waals surface area (Å²) in [5, 5.41) is 0. The topological polar surface area (TPSA) is 29.5 Å². The second-order valence-corrected chi connectivity index (χ2v) is 7.24. The normalized spacial score (nSPS) is 18.2. The molecular formula is C21H22FNO2. The van der Waals surface area contributed by atoms with Gasteiger partial charge in [0.2, 0.25) is 0 Å². The Morgan fingerprint density at radius 2 is 1.84 bits per heavy atom. The number of halogens is 1. The average molecular weight is 339 g/mol. The molecule has 1 aliphatic heterocycles. The molecule has 2 aromatic rings. The molecule has 0 N–H and O–H groups in total. The molecule has 4 heteroatoms. The zero-order valence-corrected chi connectivity index (χ0v) is 14.2. The van der Waals surface area contributed by atoms with Gasteiger partial charge in [-0.05, 0) is 54.5 Å². The third kappa shape index (κ3) is 3.26. The minimum absolute atomic E-state index is 0.0541. The Labute approximate surface area is 147 Å². The fourth-order valence-electron chi connectivity index (χ4n) is 3.87. The molecular weight excluding hydrogens is 317 g/mol. The van der Waals surface area contributed by atoms with Gasteiger partial charge in [-0.15, -0.1) is 0 Å². The van der Waals surface area contributed by atoms with Gasteiger partial charge in [0, 0.05) is 13.1 Å². The molecule has 1 saturated heterocycles. The van der Waals surface area contributed by atoms with E-state index in [0.29, 0.717) is 23.3 Å². The molecule has 1 heterocycles. The van der Waals surface area contributed by atoms with Crippen LogP contribution in [0.5, 0.6) is 5.75 Å². The molecule has 1 amide bonds. The van der Waals surface area contributed by atoms with Crippen LogP contribution in [0.3, 0.4) is 0 Å². The number of para-hydroxylation sites is 1. The van der Waals surface area contributed by atoms with E-state index < -0.39 is 0 Å². The van der Waals surface area contributed by atoms with Crippen molar-refractivity contribution in [3.63, 3.8) is 0 Å². The van der Waals surface area contributed by atoms with Crippen molar-refractivity contribution in [3.8, 4) is 5.75 Å². The zero-order valence-electron chi connectivity index (χ0n) is 14.2. The van der Waals surface area contributed by atoms with E-state index in [1.807, 2.05) is 29.2 Å². The largest absolute Gasteiger partial charge is 0.488 e. The summed E-state index contributed by atoms with van der Waals surface area (Å²) in [6, 6.07) is 13.6. The zero-order chi connectivity index (χ0) is 17.3. The molecule has 0 radical (unpaired) electrons. The average Bonchev–Trinajstić information content (AvgIpc) is 3.07. The fourth-order valence-corrected chi connectivity index (χ4v) is 3.87. The highest BCUT2D eigenvalue weighted by molar-refractivity contribution is 5.97. The molecule has 25 heavy (non-hydrogen) atoms. The second-order valence-electron chi connectivity index (χ2n) is 7.24. The maximum absolute atomic E-state index is 13.0. The predicted molar refractivity (Wildman–Crippen MR) is 94.0 cm³/mol. The van der Waals surface area contributed by atoms with Crippen molar-refractivity contribution < 1.29 is 13.9 Å². The van der Waals surface area contributed by atoms with E-state index in [1.165, 1.54) is 31.4 Å². The number of likely N-dealkylation sites (tertiary alicyclic amines) is 1. The van der Waals surface area contributed by atoms with Crippen LogP contribution in [0.4, 0.5) is 4.39 Å². The SMILES string of the molecule is O=C(c1ccccc1OCc1ccc(F)cc1)N1CCC2(CCC2)C1. The summed E-state index contributed by atoms with van der Waals surface area (Å²) >= 11 is 0. The first-order chi connectivity index (χ1) is 12.2. The Balaban J connectivity index is 1.47. The van der Waals surface area contributed by atoms with Crippen LogP contribution in [0.25, 0.3) is 0 Å². The molecule has 4 rings (SSSR count). The summed E-state index contributed by atoms with van der Waals surface area (Å²) in [6.07, 6.45) is 4.91. The minimum Gasteiger partial charge on any atom is -0.488 e. The fraction of sp³-hybridized carbons (Fsp3) is 0.381. The third-order valence-corrected chi connectivity index (χ3v) is 5.56. The van der Waals surface area contributed by atoms with Crippen LogP contribution in [0.2, 0.25) is 0 Å². The highest BCUT2D eigenvalue weighted by atomic mass is 19.1. The van der Waals surface area contributed by atoms with Crippen LogP contribution in [-0.4, -0.2) is 23.9 Å². The van der Waals surface area contributed by atoms with Gasteiger partial charge in [-0.25, -0.2) is 4.39 Å². The molecule has 1 spiro atoms. The van der Waals surface area contributed by atoms with Gasteiger partial charge in [0.1, 0.15) is 18.2 Å². The Bertz CT molecular complexity index is 768. The van der Waals surface area contributed by atoms with Gasteiger partial charge in [0.15, 0.2) is 0 Å². The lowest BCUT2D eigenvalue weighted by molar-refractivity contribution is 0.0727. The quantitative estimate of drug-likeness (QED) is 0.825. The Kier molecular flexibility index (Phi) is 4.20. The Hall–Kier alpha value is -2.36. The Morgan fingerprint density at radius 3 is 2.52 bits per heavy atom. The molecule has 1 saturated carbocycles. The van der Waals surface area contributed by atoms with Crippen molar-refractivity contribution in [1.82, 2.24) is 4.90 Å². The molecule has 0 atom stereocenters. The van der Waals surface area contributed by atoms with E-state index in [0.717, 1.165) is 25.1 Å². The van der Waals surface area contributed by atoms with E-state index >= 15 is 0 Å². The van der Waals surface area contributed by atoms with Gasteiger partial charge < -0.3 is 9.64 Å². The maximum Gasteiger partial charge on any atom is 0.257 e. The molecule has 2 aromatic carbocycles. The highest BCUT2D eigenvalue weighted by Gasteiger charge is 2.44. The van der Waals surface area contributed by atoms with Crippen LogP contribution in [0.15, 0.2) is 48.5 Å². The molecule has 1 aliphatic carbocycles. The predicted octanol–water partition coefficient (Wildman–Crippen LogP) is 4.42. The van der Waals surface area contributed by atoms with Crippen molar-refractivity contribution in [2.75, 3.05) is 13.1 Å². The van der Waals surface area contributed by atoms with Gasteiger partial charge >= 0.3 is 0 Å². The van der Waals surface area contributed by atoms with E-state index in [9.17, 15) is 9.18 Å². The van der Waals surface area contributed by atoms with Crippen molar-refractivity contribution in [2.24, 2.45) is 5.41 Å². The highest BCUT2D eigenvalue weighted by Crippen LogP contribution is 2.48. The summed E-state index contributed by atoms with van der Waals surface area (Å²) in [5.74, 6) is 0.378. The molecule has 0 aromatic heterocycles. The monoisotopic (exact) mass is 339 g/mol. The lowest BCUT2D eigenvalue weighted by Crippen LogP contribution is -2.35. The molecule has 0 bridgehead atoms. The van der Waals surface area contributed by atoms with Crippen LogP contribution in [0.1, 0.15) is 41.6 Å². The van der Waals surface area contributed by atoms with Gasteiger partial charge in [-0.3, -0.25) is 4.79 Å². The van der Waals surface area contributed by atoms with Gasteiger partial charge in [-0.1, -0.05) is 30.7 Å². The molecule has 3 nitrogen and oxygen atoms in total. The molecule has 130 valence electrons. The van der Waals surface area contributed by atoms with E-state index in [4.69, 9.17) is 4.74 Å². The summed E-state index contributed by atoms with van der Waals surface area (Å²) in [7, 11) is 0. The number of amides is 1. The van der Waals surface area contributed by atoms with Crippen LogP contribution in [-0.2, 0) is 6.61 Å². The summed E-state index contributed by atoms with van der Waals surface area (Å²) in [6.45, 7) is 2.03.